The van der Waals surface area contributed by atoms with Gasteiger partial charge in [-0.15, -0.1) is 0 Å². The number of hydrogen-bond donors (Lipinski definition) is 3. The molecule has 5 nitrogen and oxygen atoms in total. The van der Waals surface area contributed by atoms with Gasteiger partial charge < -0.3 is 15.7 Å². The maximum absolute atomic E-state index is 12.0. The van der Waals surface area contributed by atoms with Crippen molar-refractivity contribution < 1.29 is 14.7 Å². The average molecular weight is 274 g/mol. The maximum atomic E-state index is 12.0. The molecule has 1 heterocycles. The summed E-state index contributed by atoms with van der Waals surface area (Å²) in [6.07, 6.45) is 3.96. The van der Waals surface area contributed by atoms with Crippen LogP contribution < -0.4 is 10.6 Å². The third-order valence-electron chi connectivity index (χ3n) is 3.22. The van der Waals surface area contributed by atoms with Crippen LogP contribution in [0.5, 0.6) is 0 Å². The van der Waals surface area contributed by atoms with Crippen LogP contribution in [0.25, 0.3) is 0 Å². The van der Waals surface area contributed by atoms with Crippen molar-refractivity contribution in [2.75, 3.05) is 18.6 Å². The van der Waals surface area contributed by atoms with E-state index in [2.05, 4.69) is 10.6 Å². The molecule has 3 atom stereocenters. The van der Waals surface area contributed by atoms with Gasteiger partial charge in [0, 0.05) is 12.0 Å². The van der Waals surface area contributed by atoms with Crippen molar-refractivity contribution in [1.29, 1.82) is 0 Å². The molecule has 1 saturated heterocycles. The molecule has 1 aliphatic heterocycles. The van der Waals surface area contributed by atoms with Gasteiger partial charge in [0.2, 0.25) is 5.91 Å². The molecule has 0 bridgehead atoms. The predicted octanol–water partition coefficient (Wildman–Crippen LogP) is 0.697. The Morgan fingerprint density at radius 1 is 1.56 bits per heavy atom. The maximum Gasteiger partial charge on any atom is 0.326 e. The van der Waals surface area contributed by atoms with E-state index in [1.54, 1.807) is 11.8 Å². The molecule has 6 heteroatoms. The second kappa shape index (κ2) is 7.63. The summed E-state index contributed by atoms with van der Waals surface area (Å²) >= 11 is 1.59. The quantitative estimate of drug-likeness (QED) is 0.664. The van der Waals surface area contributed by atoms with Crippen LogP contribution in [0.1, 0.15) is 26.2 Å². The van der Waals surface area contributed by atoms with E-state index in [1.165, 1.54) is 0 Å². The van der Waals surface area contributed by atoms with Gasteiger partial charge >= 0.3 is 5.97 Å². The highest BCUT2D eigenvalue weighted by atomic mass is 32.2. The van der Waals surface area contributed by atoms with E-state index in [9.17, 15) is 9.59 Å². The normalized spacial score (nSPS) is 25.4. The minimum absolute atomic E-state index is 0.0580. The fraction of sp³-hybridized carbons (Fsp3) is 0.833. The summed E-state index contributed by atoms with van der Waals surface area (Å²) in [7, 11) is 0. The highest BCUT2D eigenvalue weighted by molar-refractivity contribution is 7.98. The highest BCUT2D eigenvalue weighted by Gasteiger charge is 2.28. The molecule has 104 valence electrons. The van der Waals surface area contributed by atoms with Gasteiger partial charge in [0.15, 0.2) is 0 Å². The first-order valence-electron chi connectivity index (χ1n) is 6.30. The highest BCUT2D eigenvalue weighted by Crippen LogP contribution is 2.16. The van der Waals surface area contributed by atoms with Crippen molar-refractivity contribution in [1.82, 2.24) is 10.6 Å². The number of thioether (sulfide) groups is 1. The average Bonchev–Trinajstić information content (AvgIpc) is 2.33. The second-order valence-corrected chi connectivity index (χ2v) is 5.74. The number of carboxylic acid groups (broad SMARTS) is 1. The van der Waals surface area contributed by atoms with E-state index >= 15 is 0 Å². The molecule has 1 aliphatic rings. The number of rotatable bonds is 6. The molecule has 0 aliphatic carbocycles. The van der Waals surface area contributed by atoms with Gasteiger partial charge in [0.05, 0.1) is 0 Å². The van der Waals surface area contributed by atoms with Gasteiger partial charge in [-0.05, 0) is 44.7 Å². The topological polar surface area (TPSA) is 78.4 Å². The predicted molar refractivity (Wildman–Crippen MR) is 72.8 cm³/mol. The molecule has 18 heavy (non-hydrogen) atoms. The van der Waals surface area contributed by atoms with Crippen LogP contribution >= 0.6 is 11.8 Å². The lowest BCUT2D eigenvalue weighted by Crippen LogP contribution is -2.47. The lowest BCUT2D eigenvalue weighted by molar-refractivity contribution is -0.142. The van der Waals surface area contributed by atoms with Crippen LogP contribution in [-0.4, -0.2) is 47.6 Å². The summed E-state index contributed by atoms with van der Waals surface area (Å²) in [5.74, 6) is -0.381. The van der Waals surface area contributed by atoms with Crippen LogP contribution in [0.2, 0.25) is 0 Å². The number of carbonyl (C=O) groups is 2. The van der Waals surface area contributed by atoms with Crippen LogP contribution in [0.3, 0.4) is 0 Å². The number of amides is 1. The summed E-state index contributed by atoms with van der Waals surface area (Å²) in [6, 6.07) is -0.431. The summed E-state index contributed by atoms with van der Waals surface area (Å²) in [5.41, 5.74) is 0. The standard InChI is InChI=1S/C12H22N2O3S/c1-8-7-9(3-5-13-8)11(15)14-10(12(16)17)4-6-18-2/h8-10,13H,3-7H2,1-2H3,(H,14,15)(H,16,17)/t8?,9?,10-/m0/s1. The Balaban J connectivity index is 2.46. The first-order valence-corrected chi connectivity index (χ1v) is 7.69. The third kappa shape index (κ3) is 4.86. The van der Waals surface area contributed by atoms with E-state index in [0.717, 1.165) is 25.1 Å². The fourth-order valence-electron chi connectivity index (χ4n) is 2.15. The summed E-state index contributed by atoms with van der Waals surface area (Å²) in [5, 5.41) is 15.0. The number of piperidine rings is 1. The molecule has 0 aromatic rings. The van der Waals surface area contributed by atoms with Crippen LogP contribution in [0, 0.1) is 5.92 Å². The van der Waals surface area contributed by atoms with Gasteiger partial charge in [-0.1, -0.05) is 0 Å². The molecule has 3 N–H and O–H groups in total. The van der Waals surface area contributed by atoms with E-state index in [0.29, 0.717) is 12.5 Å². The minimum Gasteiger partial charge on any atom is -0.480 e. The summed E-state index contributed by atoms with van der Waals surface area (Å²) < 4.78 is 0. The Hall–Kier alpha value is -0.750. The van der Waals surface area contributed by atoms with Crippen LogP contribution in [0.4, 0.5) is 0 Å². The number of aliphatic carboxylic acids is 1. The van der Waals surface area contributed by atoms with Crippen LogP contribution in [-0.2, 0) is 9.59 Å². The lowest BCUT2D eigenvalue weighted by atomic mass is 9.92. The first kappa shape index (κ1) is 15.3. The van der Waals surface area contributed by atoms with E-state index in [1.807, 2.05) is 13.2 Å². The smallest absolute Gasteiger partial charge is 0.326 e. The molecule has 0 saturated carbocycles. The third-order valence-corrected chi connectivity index (χ3v) is 3.86. The second-order valence-electron chi connectivity index (χ2n) is 4.76. The Morgan fingerprint density at radius 3 is 2.83 bits per heavy atom. The van der Waals surface area contributed by atoms with Crippen LogP contribution in [0.15, 0.2) is 0 Å². The number of carboxylic acids is 1. The van der Waals surface area contributed by atoms with Crippen molar-refractivity contribution in [3.63, 3.8) is 0 Å². The van der Waals surface area contributed by atoms with Crippen molar-refractivity contribution in [3.05, 3.63) is 0 Å². The Bertz CT molecular complexity index is 299. The van der Waals surface area contributed by atoms with Crippen molar-refractivity contribution in [2.24, 2.45) is 5.92 Å². The molecule has 0 spiro atoms. The van der Waals surface area contributed by atoms with Gasteiger partial charge in [0.25, 0.3) is 0 Å². The fourth-order valence-corrected chi connectivity index (χ4v) is 2.62. The largest absolute Gasteiger partial charge is 0.480 e. The van der Waals surface area contributed by atoms with E-state index < -0.39 is 12.0 Å². The molecule has 0 aromatic carbocycles. The Labute approximate surface area is 112 Å². The van der Waals surface area contributed by atoms with Gasteiger partial charge in [0.1, 0.15) is 6.04 Å². The SMILES string of the molecule is CSCC[C@H](NC(=O)C1CCNC(C)C1)C(=O)O. The van der Waals surface area contributed by atoms with Crippen molar-refractivity contribution >= 4 is 23.6 Å². The zero-order valence-corrected chi connectivity index (χ0v) is 11.8. The Kier molecular flexibility index (Phi) is 6.49. The molecule has 0 radical (unpaired) electrons. The first-order chi connectivity index (χ1) is 8.54. The number of hydrogen-bond acceptors (Lipinski definition) is 4. The zero-order chi connectivity index (χ0) is 13.5. The summed E-state index contributed by atoms with van der Waals surface area (Å²) in [4.78, 5) is 23.1. The zero-order valence-electron chi connectivity index (χ0n) is 10.9. The molecule has 0 aromatic heterocycles. The number of carbonyl (C=O) groups excluding carboxylic acids is 1. The van der Waals surface area contributed by atoms with Crippen molar-refractivity contribution in [2.45, 2.75) is 38.3 Å². The molecule has 1 rings (SSSR count). The van der Waals surface area contributed by atoms with Gasteiger partial charge in [-0.2, -0.15) is 11.8 Å². The summed E-state index contributed by atoms with van der Waals surface area (Å²) in [6.45, 7) is 2.86. The lowest BCUT2D eigenvalue weighted by Gasteiger charge is -2.28. The van der Waals surface area contributed by atoms with E-state index in [-0.39, 0.29) is 11.8 Å². The molecule has 2 unspecified atom stereocenters. The molecular formula is C12H22N2O3S. The molecule has 1 amide bonds. The van der Waals surface area contributed by atoms with Gasteiger partial charge in [-0.25, -0.2) is 4.79 Å². The van der Waals surface area contributed by atoms with Gasteiger partial charge in [-0.3, -0.25) is 4.79 Å². The minimum atomic E-state index is -0.945. The van der Waals surface area contributed by atoms with E-state index in [4.69, 9.17) is 5.11 Å². The molecule has 1 fully saturated rings. The van der Waals surface area contributed by atoms with Crippen molar-refractivity contribution in [3.8, 4) is 0 Å². The monoisotopic (exact) mass is 274 g/mol. The molecular weight excluding hydrogens is 252 g/mol. The number of nitrogens with one attached hydrogen (secondary N) is 2. The Morgan fingerprint density at radius 2 is 2.28 bits per heavy atom.